The van der Waals surface area contributed by atoms with E-state index in [-0.39, 0.29) is 12.2 Å². The number of rotatable bonds is 5. The highest BCUT2D eigenvalue weighted by atomic mass is 32.1. The molecule has 0 saturated carbocycles. The summed E-state index contributed by atoms with van der Waals surface area (Å²) in [5.74, 6) is -0.739. The first-order valence-corrected chi connectivity index (χ1v) is 6.42. The van der Waals surface area contributed by atoms with Crippen molar-refractivity contribution in [1.82, 2.24) is 25.8 Å². The second-order valence-corrected chi connectivity index (χ2v) is 4.66. The van der Waals surface area contributed by atoms with Crippen LogP contribution in [0.2, 0.25) is 0 Å². The van der Waals surface area contributed by atoms with E-state index in [4.69, 9.17) is 5.11 Å². The smallest absolute Gasteiger partial charge is 0.355 e. The van der Waals surface area contributed by atoms with Crippen LogP contribution >= 0.6 is 11.3 Å². The molecule has 106 valence electrons. The van der Waals surface area contributed by atoms with Crippen LogP contribution in [0.25, 0.3) is 0 Å². The quantitative estimate of drug-likeness (QED) is 0.743. The van der Waals surface area contributed by atoms with Gasteiger partial charge in [-0.1, -0.05) is 5.16 Å². The van der Waals surface area contributed by atoms with E-state index in [9.17, 15) is 9.59 Å². The van der Waals surface area contributed by atoms with Gasteiger partial charge in [0.1, 0.15) is 5.01 Å². The van der Waals surface area contributed by atoms with Crippen LogP contribution in [0.1, 0.15) is 34.3 Å². The molecule has 2 rings (SSSR count). The predicted molar refractivity (Wildman–Crippen MR) is 67.2 cm³/mol. The number of carboxylic acids is 1. The third-order valence-corrected chi connectivity index (χ3v) is 3.30. The van der Waals surface area contributed by atoms with Gasteiger partial charge in [-0.2, -0.15) is 4.98 Å². The lowest BCUT2D eigenvalue weighted by Crippen LogP contribution is -2.36. The lowest BCUT2D eigenvalue weighted by atomic mass is 10.3. The van der Waals surface area contributed by atoms with Crippen LogP contribution in [0.15, 0.2) is 16.3 Å². The van der Waals surface area contributed by atoms with E-state index >= 15 is 0 Å². The average molecular weight is 297 g/mol. The van der Waals surface area contributed by atoms with Crippen LogP contribution < -0.4 is 10.6 Å². The molecule has 0 aromatic carbocycles. The summed E-state index contributed by atoms with van der Waals surface area (Å²) in [6.07, 6.45) is 1.17. The molecular formula is C10H11N5O4S. The van der Waals surface area contributed by atoms with Crippen molar-refractivity contribution in [3.63, 3.8) is 0 Å². The summed E-state index contributed by atoms with van der Waals surface area (Å²) < 4.78 is 4.53. The van der Waals surface area contributed by atoms with E-state index in [2.05, 4.69) is 30.3 Å². The SMILES string of the molecule is CC(NC(=O)NCc1ncon1)c1nc(C(=O)O)cs1. The minimum Gasteiger partial charge on any atom is -0.476 e. The molecule has 3 N–H and O–H groups in total. The minimum atomic E-state index is -1.10. The maximum Gasteiger partial charge on any atom is 0.355 e. The molecule has 1 atom stereocenters. The highest BCUT2D eigenvalue weighted by Crippen LogP contribution is 2.17. The third-order valence-electron chi connectivity index (χ3n) is 2.27. The lowest BCUT2D eigenvalue weighted by Gasteiger charge is -2.11. The van der Waals surface area contributed by atoms with Gasteiger partial charge in [0, 0.05) is 5.38 Å². The van der Waals surface area contributed by atoms with Gasteiger partial charge in [-0.3, -0.25) is 0 Å². The van der Waals surface area contributed by atoms with Gasteiger partial charge < -0.3 is 20.3 Å². The van der Waals surface area contributed by atoms with Crippen molar-refractivity contribution in [3.05, 3.63) is 28.3 Å². The molecule has 0 spiro atoms. The number of amides is 2. The van der Waals surface area contributed by atoms with E-state index in [0.29, 0.717) is 10.8 Å². The maximum absolute atomic E-state index is 11.6. The van der Waals surface area contributed by atoms with Crippen LogP contribution in [-0.4, -0.2) is 32.2 Å². The lowest BCUT2D eigenvalue weighted by molar-refractivity contribution is 0.0691. The number of hydrogen-bond donors (Lipinski definition) is 3. The van der Waals surface area contributed by atoms with Crippen molar-refractivity contribution in [1.29, 1.82) is 0 Å². The molecule has 2 amide bonds. The van der Waals surface area contributed by atoms with Gasteiger partial charge in [-0.05, 0) is 6.92 Å². The molecule has 20 heavy (non-hydrogen) atoms. The zero-order chi connectivity index (χ0) is 14.5. The summed E-state index contributed by atoms with van der Waals surface area (Å²) in [4.78, 5) is 30.0. The van der Waals surface area contributed by atoms with Crippen LogP contribution in [-0.2, 0) is 6.54 Å². The van der Waals surface area contributed by atoms with Gasteiger partial charge in [0.25, 0.3) is 0 Å². The maximum atomic E-state index is 11.6. The molecule has 2 aromatic heterocycles. The summed E-state index contributed by atoms with van der Waals surface area (Å²) in [7, 11) is 0. The van der Waals surface area contributed by atoms with Crippen LogP contribution in [0.3, 0.4) is 0 Å². The van der Waals surface area contributed by atoms with Gasteiger partial charge in [0.15, 0.2) is 11.5 Å². The number of thiazole rings is 1. The number of nitrogens with zero attached hydrogens (tertiary/aromatic N) is 3. The molecule has 0 saturated heterocycles. The van der Waals surface area contributed by atoms with Crippen LogP contribution in [0, 0.1) is 0 Å². The van der Waals surface area contributed by atoms with Crippen molar-refractivity contribution in [3.8, 4) is 0 Å². The van der Waals surface area contributed by atoms with Gasteiger partial charge in [0.2, 0.25) is 6.39 Å². The molecule has 0 aliphatic carbocycles. The highest BCUT2D eigenvalue weighted by Gasteiger charge is 2.16. The number of carbonyl (C=O) groups is 2. The summed E-state index contributed by atoms with van der Waals surface area (Å²) in [6, 6.07) is -0.840. The second-order valence-electron chi connectivity index (χ2n) is 3.77. The summed E-state index contributed by atoms with van der Waals surface area (Å²) in [5.41, 5.74) is -0.0362. The Balaban J connectivity index is 1.85. The largest absolute Gasteiger partial charge is 0.476 e. The Kier molecular flexibility index (Phi) is 4.25. The molecule has 0 aliphatic rings. The Morgan fingerprint density at radius 1 is 1.55 bits per heavy atom. The Morgan fingerprint density at radius 3 is 2.95 bits per heavy atom. The van der Waals surface area contributed by atoms with Crippen molar-refractivity contribution in [2.45, 2.75) is 19.5 Å². The van der Waals surface area contributed by atoms with Crippen molar-refractivity contribution >= 4 is 23.3 Å². The van der Waals surface area contributed by atoms with Crippen molar-refractivity contribution in [2.24, 2.45) is 0 Å². The van der Waals surface area contributed by atoms with Gasteiger partial charge in [-0.25, -0.2) is 14.6 Å². The summed E-state index contributed by atoms with van der Waals surface area (Å²) in [5, 5.41) is 19.4. The van der Waals surface area contributed by atoms with Crippen LogP contribution in [0.4, 0.5) is 4.79 Å². The molecule has 10 heteroatoms. The number of aromatic nitrogens is 3. The van der Waals surface area contributed by atoms with Crippen LogP contribution in [0.5, 0.6) is 0 Å². The molecule has 0 fully saturated rings. The Bertz CT molecular complexity index is 597. The molecule has 0 radical (unpaired) electrons. The van der Waals surface area contributed by atoms with E-state index < -0.39 is 18.0 Å². The summed E-state index contributed by atoms with van der Waals surface area (Å²) >= 11 is 1.17. The van der Waals surface area contributed by atoms with Gasteiger partial charge >= 0.3 is 12.0 Å². The Labute approximate surface area is 117 Å². The predicted octanol–water partition coefficient (Wildman–Crippen LogP) is 0.785. The normalized spacial score (nSPS) is 11.8. The minimum absolute atomic E-state index is 0.0362. The number of urea groups is 1. The summed E-state index contributed by atoms with van der Waals surface area (Å²) in [6.45, 7) is 1.84. The first-order chi connectivity index (χ1) is 9.56. The zero-order valence-corrected chi connectivity index (χ0v) is 11.2. The van der Waals surface area contributed by atoms with Crippen molar-refractivity contribution in [2.75, 3.05) is 0 Å². The molecule has 1 unspecified atom stereocenters. The Morgan fingerprint density at radius 2 is 2.35 bits per heavy atom. The molecule has 2 aromatic rings. The number of carbonyl (C=O) groups excluding carboxylic acids is 1. The first-order valence-electron chi connectivity index (χ1n) is 5.54. The number of hydrogen-bond acceptors (Lipinski definition) is 7. The fourth-order valence-corrected chi connectivity index (χ4v) is 2.12. The molecule has 0 bridgehead atoms. The first kappa shape index (κ1) is 13.9. The zero-order valence-electron chi connectivity index (χ0n) is 10.4. The Hall–Kier alpha value is -2.49. The number of aromatic carboxylic acids is 1. The second kappa shape index (κ2) is 6.10. The topological polar surface area (TPSA) is 130 Å². The van der Waals surface area contributed by atoms with Gasteiger partial charge in [0.05, 0.1) is 12.6 Å². The molecule has 9 nitrogen and oxygen atoms in total. The van der Waals surface area contributed by atoms with E-state index in [1.54, 1.807) is 6.92 Å². The number of carboxylic acid groups (broad SMARTS) is 1. The monoisotopic (exact) mass is 297 g/mol. The van der Waals surface area contributed by atoms with E-state index in [1.807, 2.05) is 0 Å². The average Bonchev–Trinajstić information content (AvgIpc) is 3.07. The van der Waals surface area contributed by atoms with E-state index in [0.717, 1.165) is 0 Å². The molecule has 2 heterocycles. The highest BCUT2D eigenvalue weighted by molar-refractivity contribution is 7.09. The molecule has 0 aliphatic heterocycles. The van der Waals surface area contributed by atoms with Crippen molar-refractivity contribution < 1.29 is 19.2 Å². The third kappa shape index (κ3) is 3.51. The number of nitrogens with one attached hydrogen (secondary N) is 2. The van der Waals surface area contributed by atoms with E-state index in [1.165, 1.54) is 23.1 Å². The fourth-order valence-electron chi connectivity index (χ4n) is 1.32. The van der Waals surface area contributed by atoms with Gasteiger partial charge in [-0.15, -0.1) is 11.3 Å². The fraction of sp³-hybridized carbons (Fsp3) is 0.300. The molecular weight excluding hydrogens is 286 g/mol. The standard InChI is InChI=1S/C10H11N5O4S/c1-5(8-14-6(3-20-8)9(16)17)13-10(18)11-2-7-12-4-19-15-7/h3-5H,2H2,1H3,(H,16,17)(H2,11,13,18).